The fourth-order valence-electron chi connectivity index (χ4n) is 3.53. The second kappa shape index (κ2) is 5.95. The first-order valence-electron chi connectivity index (χ1n) is 8.68. The molecule has 27 heavy (non-hydrogen) atoms. The van der Waals surface area contributed by atoms with Crippen LogP contribution in [-0.4, -0.2) is 32.1 Å². The van der Waals surface area contributed by atoms with Gasteiger partial charge in [0.2, 0.25) is 0 Å². The maximum absolute atomic E-state index is 5.30. The van der Waals surface area contributed by atoms with Gasteiger partial charge in [0.15, 0.2) is 11.3 Å². The van der Waals surface area contributed by atoms with Crippen LogP contribution < -0.4 is 4.74 Å². The third kappa shape index (κ3) is 2.38. The summed E-state index contributed by atoms with van der Waals surface area (Å²) in [5.74, 6) is 0.823. The Labute approximate surface area is 155 Å². The van der Waals surface area contributed by atoms with Gasteiger partial charge in [-0.15, -0.1) is 5.10 Å². The molecule has 6 nitrogen and oxygen atoms in total. The van der Waals surface area contributed by atoms with Gasteiger partial charge in [0.05, 0.1) is 19.0 Å². The molecule has 0 saturated carbocycles. The number of hydrogen-bond donors (Lipinski definition) is 1. The average Bonchev–Trinajstić information content (AvgIpc) is 3.32. The molecule has 5 rings (SSSR count). The zero-order valence-corrected chi connectivity index (χ0v) is 15.0. The molecule has 132 valence electrons. The first-order chi connectivity index (χ1) is 13.3. The molecule has 0 unspecified atom stereocenters. The molecular weight excluding hydrogens is 338 g/mol. The van der Waals surface area contributed by atoms with Crippen molar-refractivity contribution in [2.75, 3.05) is 7.11 Å². The summed E-state index contributed by atoms with van der Waals surface area (Å²) in [6, 6.07) is 18.1. The standard InChI is InChI=1S/C21H17N5O/c1-13-18-19(14-8-10-16(27-2)11-9-14)17-12-22-24-20(17)23-21(18)26(25-13)15-6-4-3-5-7-15/h3-12,25H,1-2H3. The van der Waals surface area contributed by atoms with Gasteiger partial charge in [0.25, 0.3) is 0 Å². The Morgan fingerprint density at radius 2 is 1.78 bits per heavy atom. The minimum atomic E-state index is 0.636. The molecule has 0 aliphatic heterocycles. The van der Waals surface area contributed by atoms with Crippen LogP contribution >= 0.6 is 0 Å². The summed E-state index contributed by atoms with van der Waals surface area (Å²) in [5.41, 5.74) is 5.67. The van der Waals surface area contributed by atoms with E-state index in [1.54, 1.807) is 13.3 Å². The van der Waals surface area contributed by atoms with E-state index in [1.165, 1.54) is 0 Å². The molecule has 0 spiro atoms. The summed E-state index contributed by atoms with van der Waals surface area (Å²) in [7, 11) is 1.67. The predicted octanol–water partition coefficient (Wildman–Crippen LogP) is 4.28. The lowest BCUT2D eigenvalue weighted by atomic mass is 9.99. The van der Waals surface area contributed by atoms with Crippen LogP contribution in [0.5, 0.6) is 5.75 Å². The van der Waals surface area contributed by atoms with Gasteiger partial charge in [-0.25, -0.2) is 9.67 Å². The molecule has 3 heterocycles. The number of benzene rings is 2. The van der Waals surface area contributed by atoms with Crippen molar-refractivity contribution in [3.63, 3.8) is 0 Å². The van der Waals surface area contributed by atoms with Crippen LogP contribution in [0.3, 0.4) is 0 Å². The Bertz CT molecular complexity index is 1250. The van der Waals surface area contributed by atoms with Gasteiger partial charge in [-0.2, -0.15) is 5.10 Å². The number of nitrogens with zero attached hydrogens (tertiary/aromatic N) is 4. The number of H-pyrrole nitrogens is 1. The van der Waals surface area contributed by atoms with Crippen molar-refractivity contribution in [1.82, 2.24) is 25.0 Å². The van der Waals surface area contributed by atoms with Gasteiger partial charge < -0.3 is 4.74 Å². The molecule has 6 heteroatoms. The second-order valence-corrected chi connectivity index (χ2v) is 6.40. The molecule has 1 N–H and O–H groups in total. The fraction of sp³-hybridized carbons (Fsp3) is 0.0952. The molecule has 0 bridgehead atoms. The van der Waals surface area contributed by atoms with Crippen LogP contribution in [0.1, 0.15) is 5.69 Å². The molecule has 3 aromatic heterocycles. The highest BCUT2D eigenvalue weighted by atomic mass is 16.5. The average molecular weight is 355 g/mol. The van der Waals surface area contributed by atoms with E-state index in [0.717, 1.165) is 44.7 Å². The molecule has 2 aromatic carbocycles. The quantitative estimate of drug-likeness (QED) is 0.524. The van der Waals surface area contributed by atoms with Crippen molar-refractivity contribution in [1.29, 1.82) is 0 Å². The van der Waals surface area contributed by atoms with Gasteiger partial charge in [-0.05, 0) is 36.8 Å². The summed E-state index contributed by atoms with van der Waals surface area (Å²) >= 11 is 0. The summed E-state index contributed by atoms with van der Waals surface area (Å²) in [6.45, 7) is 2.06. The van der Waals surface area contributed by atoms with Crippen molar-refractivity contribution < 1.29 is 4.74 Å². The molecule has 0 amide bonds. The maximum atomic E-state index is 5.30. The van der Waals surface area contributed by atoms with Gasteiger partial charge in [0, 0.05) is 22.0 Å². The first-order valence-corrected chi connectivity index (χ1v) is 8.68. The maximum Gasteiger partial charge on any atom is 0.186 e. The molecule has 0 atom stereocenters. The third-order valence-electron chi connectivity index (χ3n) is 4.79. The Kier molecular flexibility index (Phi) is 3.43. The number of hydrogen-bond acceptors (Lipinski definition) is 4. The number of rotatable bonds is 3. The Balaban J connectivity index is 1.87. The number of ether oxygens (including phenoxy) is 1. The van der Waals surface area contributed by atoms with Crippen molar-refractivity contribution in [2.45, 2.75) is 6.92 Å². The van der Waals surface area contributed by atoms with E-state index >= 15 is 0 Å². The van der Waals surface area contributed by atoms with Crippen LogP contribution in [0.2, 0.25) is 0 Å². The number of pyridine rings is 1. The largest absolute Gasteiger partial charge is 0.497 e. The molecule has 0 aliphatic rings. The Morgan fingerprint density at radius 3 is 2.52 bits per heavy atom. The number of nitrogens with one attached hydrogen (secondary N) is 1. The number of aromatic amines is 1. The van der Waals surface area contributed by atoms with E-state index in [2.05, 4.69) is 34.4 Å². The van der Waals surface area contributed by atoms with Gasteiger partial charge in [0.1, 0.15) is 5.75 Å². The monoisotopic (exact) mass is 355 g/mol. The summed E-state index contributed by atoms with van der Waals surface area (Å²) in [5, 5.41) is 13.8. The van der Waals surface area contributed by atoms with Crippen LogP contribution in [0.4, 0.5) is 0 Å². The van der Waals surface area contributed by atoms with E-state index in [0.29, 0.717) is 5.65 Å². The normalized spacial score (nSPS) is 11.3. The van der Waals surface area contributed by atoms with Gasteiger partial charge >= 0.3 is 0 Å². The summed E-state index contributed by atoms with van der Waals surface area (Å²) < 4.78 is 7.30. The smallest absolute Gasteiger partial charge is 0.186 e. The molecule has 0 aliphatic carbocycles. The molecule has 0 saturated heterocycles. The van der Waals surface area contributed by atoms with Gasteiger partial charge in [-0.3, -0.25) is 5.10 Å². The second-order valence-electron chi connectivity index (χ2n) is 6.40. The lowest BCUT2D eigenvalue weighted by Gasteiger charge is -2.08. The zero-order valence-electron chi connectivity index (χ0n) is 15.0. The first kappa shape index (κ1) is 15.6. The predicted molar refractivity (Wildman–Crippen MR) is 105 cm³/mol. The number of fused-ring (bicyclic) bond motifs is 2. The van der Waals surface area contributed by atoms with Crippen LogP contribution in [0, 0.1) is 6.92 Å². The minimum Gasteiger partial charge on any atom is -0.497 e. The lowest BCUT2D eigenvalue weighted by Crippen LogP contribution is -1.98. The van der Waals surface area contributed by atoms with E-state index in [-0.39, 0.29) is 0 Å². The highest BCUT2D eigenvalue weighted by Gasteiger charge is 2.19. The van der Waals surface area contributed by atoms with Crippen LogP contribution in [0.25, 0.3) is 38.9 Å². The van der Waals surface area contributed by atoms with Crippen molar-refractivity contribution >= 4 is 22.1 Å². The van der Waals surface area contributed by atoms with E-state index in [4.69, 9.17) is 9.72 Å². The van der Waals surface area contributed by atoms with Crippen molar-refractivity contribution in [2.24, 2.45) is 0 Å². The van der Waals surface area contributed by atoms with E-state index < -0.39 is 0 Å². The van der Waals surface area contributed by atoms with Crippen LogP contribution in [0.15, 0.2) is 60.8 Å². The minimum absolute atomic E-state index is 0.636. The SMILES string of the molecule is COc1ccc(-c2c3cnnc3nc3c2c(C)[nH]n3-c2ccccc2)cc1. The molecular formula is C21H17N5O. The van der Waals surface area contributed by atoms with E-state index in [1.807, 2.05) is 47.1 Å². The highest BCUT2D eigenvalue weighted by Crippen LogP contribution is 2.37. The van der Waals surface area contributed by atoms with Crippen LogP contribution in [-0.2, 0) is 0 Å². The summed E-state index contributed by atoms with van der Waals surface area (Å²) in [6.07, 6.45) is 1.78. The molecule has 5 aromatic rings. The number of aryl methyl sites for hydroxylation is 1. The highest BCUT2D eigenvalue weighted by molar-refractivity contribution is 6.09. The van der Waals surface area contributed by atoms with Crippen molar-refractivity contribution in [3.05, 3.63) is 66.5 Å². The van der Waals surface area contributed by atoms with E-state index in [9.17, 15) is 0 Å². The third-order valence-corrected chi connectivity index (χ3v) is 4.79. The number of aromatic nitrogens is 5. The fourth-order valence-corrected chi connectivity index (χ4v) is 3.53. The topological polar surface area (TPSA) is 68.6 Å². The van der Waals surface area contributed by atoms with Gasteiger partial charge in [-0.1, -0.05) is 30.3 Å². The van der Waals surface area contributed by atoms with Crippen molar-refractivity contribution in [3.8, 4) is 22.6 Å². The summed E-state index contributed by atoms with van der Waals surface area (Å²) in [4.78, 5) is 4.79. The number of methoxy groups -OCH3 is 1. The Morgan fingerprint density at radius 1 is 1.00 bits per heavy atom. The number of para-hydroxylation sites is 1. The Hall–Kier alpha value is -3.67. The zero-order chi connectivity index (χ0) is 18.4. The molecule has 0 fully saturated rings. The molecule has 0 radical (unpaired) electrons. The lowest BCUT2D eigenvalue weighted by molar-refractivity contribution is 0.415.